The molecule has 10 aromatic rings. The van der Waals surface area contributed by atoms with Gasteiger partial charge < -0.3 is 9.80 Å². The van der Waals surface area contributed by atoms with Crippen LogP contribution >= 0.6 is 0 Å². The lowest BCUT2D eigenvalue weighted by Crippen LogP contribution is -2.16. The van der Waals surface area contributed by atoms with E-state index in [1.54, 1.807) is 0 Å². The number of para-hydroxylation sites is 1. The number of rotatable bonds is 8. The van der Waals surface area contributed by atoms with E-state index in [2.05, 4.69) is 254 Å². The second-order valence-corrected chi connectivity index (χ2v) is 16.6. The minimum atomic E-state index is -0.0989. The normalized spacial score (nSPS) is 12.6. The predicted octanol–water partition coefficient (Wildman–Crippen LogP) is 16.6. The molecular weight excluding hydrogens is 737 g/mol. The van der Waals surface area contributed by atoms with Crippen LogP contribution in [0.15, 0.2) is 231 Å². The highest BCUT2D eigenvalue weighted by atomic mass is 15.1. The molecule has 0 atom stereocenters. The molecule has 1 aliphatic rings. The van der Waals surface area contributed by atoms with E-state index in [0.717, 1.165) is 34.1 Å². The zero-order chi connectivity index (χ0) is 40.9. The summed E-state index contributed by atoms with van der Waals surface area (Å²) in [5.74, 6) is 0. The maximum Gasteiger partial charge on any atom is 0.0546 e. The topological polar surface area (TPSA) is 6.48 Å². The SMILES string of the molecule is CC1(C)c2ccccc2-c2ccc(N(c3ccc(-c4ccccc4)cc3)c3ccc(-c4ccc(N(c5ccccc5)c5cc6ccccc6c6ccccc56)cc4)cc3)cc21. The Hall–Kier alpha value is -7.68. The van der Waals surface area contributed by atoms with Gasteiger partial charge in [0.15, 0.2) is 0 Å². The molecule has 0 bridgehead atoms. The average Bonchev–Trinajstić information content (AvgIpc) is 3.55. The van der Waals surface area contributed by atoms with E-state index in [1.807, 2.05) is 0 Å². The summed E-state index contributed by atoms with van der Waals surface area (Å²) >= 11 is 0. The molecule has 0 N–H and O–H groups in total. The average molecular weight is 781 g/mol. The predicted molar refractivity (Wildman–Crippen MR) is 259 cm³/mol. The van der Waals surface area contributed by atoms with Gasteiger partial charge in [-0.15, -0.1) is 0 Å². The third-order valence-corrected chi connectivity index (χ3v) is 12.6. The fourth-order valence-corrected chi connectivity index (χ4v) is 9.54. The van der Waals surface area contributed by atoms with Crippen molar-refractivity contribution in [2.75, 3.05) is 9.80 Å². The second kappa shape index (κ2) is 14.9. The standard InChI is InChI=1S/C59H44N2/c1-59(2)56-24-14-13-22-53(56)54-38-37-50(40-57(54)59)60(47-31-25-42(26-32-47)41-15-5-3-6-16-41)48-33-27-43(28-34-48)44-29-35-49(36-30-44)61(46-18-7-4-8-19-46)58-39-45-17-9-10-20-51(45)52-21-11-12-23-55(52)58/h3-40H,1-2H3. The third kappa shape index (κ3) is 6.36. The summed E-state index contributed by atoms with van der Waals surface area (Å²) in [6.45, 7) is 4.70. The number of hydrogen-bond donors (Lipinski definition) is 0. The molecule has 0 spiro atoms. The summed E-state index contributed by atoms with van der Waals surface area (Å²) in [6.07, 6.45) is 0. The summed E-state index contributed by atoms with van der Waals surface area (Å²) in [5, 5.41) is 4.97. The van der Waals surface area contributed by atoms with Crippen molar-refractivity contribution in [2.24, 2.45) is 0 Å². The van der Waals surface area contributed by atoms with Crippen LogP contribution in [-0.2, 0) is 5.41 Å². The molecule has 290 valence electrons. The molecule has 0 unspecified atom stereocenters. The first-order chi connectivity index (χ1) is 30.0. The van der Waals surface area contributed by atoms with Crippen molar-refractivity contribution in [3.8, 4) is 33.4 Å². The molecule has 0 saturated heterocycles. The first-order valence-corrected chi connectivity index (χ1v) is 21.2. The van der Waals surface area contributed by atoms with Crippen LogP contribution in [0.2, 0.25) is 0 Å². The van der Waals surface area contributed by atoms with Crippen LogP contribution in [-0.4, -0.2) is 0 Å². The monoisotopic (exact) mass is 780 g/mol. The lowest BCUT2D eigenvalue weighted by Gasteiger charge is -2.28. The number of benzene rings is 10. The molecule has 10 aromatic carbocycles. The quantitative estimate of drug-likeness (QED) is 0.142. The van der Waals surface area contributed by atoms with Gasteiger partial charge in [-0.05, 0) is 127 Å². The van der Waals surface area contributed by atoms with Crippen molar-refractivity contribution >= 4 is 55.7 Å². The largest absolute Gasteiger partial charge is 0.310 e. The molecule has 0 heterocycles. The molecule has 0 aliphatic heterocycles. The van der Waals surface area contributed by atoms with Gasteiger partial charge in [0.2, 0.25) is 0 Å². The van der Waals surface area contributed by atoms with Crippen molar-refractivity contribution in [3.05, 3.63) is 242 Å². The number of nitrogens with zero attached hydrogens (tertiary/aromatic N) is 2. The van der Waals surface area contributed by atoms with Crippen LogP contribution < -0.4 is 9.80 Å². The Kier molecular flexibility index (Phi) is 8.86. The highest BCUT2D eigenvalue weighted by Gasteiger charge is 2.35. The fourth-order valence-electron chi connectivity index (χ4n) is 9.54. The minimum absolute atomic E-state index is 0.0989. The van der Waals surface area contributed by atoms with Crippen LogP contribution in [0.3, 0.4) is 0 Å². The minimum Gasteiger partial charge on any atom is -0.310 e. The summed E-state index contributed by atoms with van der Waals surface area (Å²) < 4.78 is 0. The molecule has 61 heavy (non-hydrogen) atoms. The van der Waals surface area contributed by atoms with Crippen molar-refractivity contribution in [1.29, 1.82) is 0 Å². The van der Waals surface area contributed by atoms with E-state index in [9.17, 15) is 0 Å². The lowest BCUT2D eigenvalue weighted by molar-refractivity contribution is 0.660. The van der Waals surface area contributed by atoms with Gasteiger partial charge in [-0.1, -0.05) is 178 Å². The Balaban J connectivity index is 0.966. The molecule has 2 heteroatoms. The first kappa shape index (κ1) is 36.4. The van der Waals surface area contributed by atoms with Gasteiger partial charge in [0.1, 0.15) is 0 Å². The van der Waals surface area contributed by atoms with Crippen LogP contribution in [0.5, 0.6) is 0 Å². The van der Waals surface area contributed by atoms with Gasteiger partial charge in [0.25, 0.3) is 0 Å². The maximum atomic E-state index is 2.41. The van der Waals surface area contributed by atoms with E-state index in [0.29, 0.717) is 0 Å². The Morgan fingerprint density at radius 2 is 0.738 bits per heavy atom. The molecule has 0 fully saturated rings. The molecule has 1 aliphatic carbocycles. The zero-order valence-corrected chi connectivity index (χ0v) is 34.3. The Bertz CT molecular complexity index is 3190. The van der Waals surface area contributed by atoms with E-state index >= 15 is 0 Å². The second-order valence-electron chi connectivity index (χ2n) is 16.6. The Morgan fingerprint density at radius 3 is 1.38 bits per heavy atom. The Morgan fingerprint density at radius 1 is 0.295 bits per heavy atom. The van der Waals surface area contributed by atoms with Crippen LogP contribution in [0.4, 0.5) is 34.1 Å². The fraction of sp³-hybridized carbons (Fsp3) is 0.0508. The lowest BCUT2D eigenvalue weighted by atomic mass is 9.82. The van der Waals surface area contributed by atoms with Crippen molar-refractivity contribution in [3.63, 3.8) is 0 Å². The van der Waals surface area contributed by atoms with E-state index in [1.165, 1.54) is 66.1 Å². The van der Waals surface area contributed by atoms with Crippen molar-refractivity contribution in [2.45, 2.75) is 19.3 Å². The first-order valence-electron chi connectivity index (χ1n) is 21.2. The molecule has 2 nitrogen and oxygen atoms in total. The maximum absolute atomic E-state index is 2.41. The van der Waals surface area contributed by atoms with E-state index in [-0.39, 0.29) is 5.41 Å². The summed E-state index contributed by atoms with van der Waals surface area (Å²) in [7, 11) is 0. The van der Waals surface area contributed by atoms with Crippen molar-refractivity contribution < 1.29 is 0 Å². The van der Waals surface area contributed by atoms with Gasteiger partial charge >= 0.3 is 0 Å². The Labute approximate surface area is 358 Å². The van der Waals surface area contributed by atoms with Gasteiger partial charge in [0.05, 0.1) is 5.69 Å². The summed E-state index contributed by atoms with van der Waals surface area (Å²) in [5.41, 5.74) is 16.8. The smallest absolute Gasteiger partial charge is 0.0546 e. The molecule has 0 radical (unpaired) electrons. The van der Waals surface area contributed by atoms with Crippen LogP contribution in [0, 0.1) is 0 Å². The van der Waals surface area contributed by atoms with E-state index < -0.39 is 0 Å². The highest BCUT2D eigenvalue weighted by molar-refractivity contribution is 6.14. The number of anilines is 6. The van der Waals surface area contributed by atoms with Crippen molar-refractivity contribution in [1.82, 2.24) is 0 Å². The molecular formula is C59H44N2. The highest BCUT2D eigenvalue weighted by Crippen LogP contribution is 2.51. The zero-order valence-electron chi connectivity index (χ0n) is 34.3. The molecule has 0 amide bonds. The third-order valence-electron chi connectivity index (χ3n) is 12.6. The molecule has 11 rings (SSSR count). The van der Waals surface area contributed by atoms with Gasteiger partial charge in [0, 0.05) is 39.2 Å². The number of hydrogen-bond acceptors (Lipinski definition) is 2. The molecule has 0 saturated carbocycles. The van der Waals surface area contributed by atoms with Gasteiger partial charge in [-0.25, -0.2) is 0 Å². The molecule has 0 aromatic heterocycles. The van der Waals surface area contributed by atoms with E-state index in [4.69, 9.17) is 0 Å². The van der Waals surface area contributed by atoms with Crippen LogP contribution in [0.25, 0.3) is 54.9 Å². The number of fused-ring (bicyclic) bond motifs is 6. The summed E-state index contributed by atoms with van der Waals surface area (Å²) in [6, 6.07) is 84.0. The summed E-state index contributed by atoms with van der Waals surface area (Å²) in [4.78, 5) is 4.78. The van der Waals surface area contributed by atoms with Gasteiger partial charge in [-0.2, -0.15) is 0 Å². The van der Waals surface area contributed by atoms with Gasteiger partial charge in [-0.3, -0.25) is 0 Å². The van der Waals surface area contributed by atoms with Crippen LogP contribution in [0.1, 0.15) is 25.0 Å².